The highest BCUT2D eigenvalue weighted by atomic mass is 35.5. The number of hydrogen-bond donors (Lipinski definition) is 0. The van der Waals surface area contributed by atoms with Crippen LogP contribution in [0.25, 0.3) is 64.0 Å². The maximum absolute atomic E-state index is 7.04. The summed E-state index contributed by atoms with van der Waals surface area (Å²) in [4.78, 5) is 2.33. The summed E-state index contributed by atoms with van der Waals surface area (Å²) < 4.78 is 2.59. The van der Waals surface area contributed by atoms with Crippen molar-refractivity contribution in [3.05, 3.63) is 174 Å². The van der Waals surface area contributed by atoms with E-state index in [-0.39, 0.29) is 5.41 Å². The lowest BCUT2D eigenvalue weighted by molar-refractivity contribution is 0.666. The Labute approximate surface area is 300 Å². The third-order valence-electron chi connectivity index (χ3n) is 10.6. The van der Waals surface area contributed by atoms with E-state index in [1.807, 2.05) is 11.3 Å². The van der Waals surface area contributed by atoms with Crippen LogP contribution < -0.4 is 4.90 Å². The molecule has 0 bridgehead atoms. The van der Waals surface area contributed by atoms with Crippen molar-refractivity contribution in [2.24, 2.45) is 0 Å². The van der Waals surface area contributed by atoms with Gasteiger partial charge in [0.2, 0.25) is 0 Å². The van der Waals surface area contributed by atoms with Gasteiger partial charge in [0.1, 0.15) is 0 Å². The summed E-state index contributed by atoms with van der Waals surface area (Å²) in [5.41, 5.74) is 10.8. The van der Waals surface area contributed by atoms with Crippen LogP contribution in [0.2, 0.25) is 5.02 Å². The SMILES string of the molecule is CC1(C)c2ccc(-c3cc(Cl)cc(N(c4ccccc4)c4ccc5sc6ccccc6c5c4)c3)cc2-c2c1c1ccccc1c1ccccc21. The van der Waals surface area contributed by atoms with E-state index in [0.717, 1.165) is 28.2 Å². The molecule has 1 aliphatic rings. The van der Waals surface area contributed by atoms with Gasteiger partial charge in [-0.05, 0) is 116 Å². The average Bonchev–Trinajstić information content (AvgIpc) is 3.63. The van der Waals surface area contributed by atoms with Gasteiger partial charge in [-0.15, -0.1) is 11.3 Å². The number of benzene rings is 8. The van der Waals surface area contributed by atoms with Gasteiger partial charge in [0.05, 0.1) is 0 Å². The third-order valence-corrected chi connectivity index (χ3v) is 12.0. The summed E-state index contributed by atoms with van der Waals surface area (Å²) in [6.45, 7) is 4.75. The van der Waals surface area contributed by atoms with E-state index in [4.69, 9.17) is 11.6 Å². The maximum atomic E-state index is 7.04. The zero-order valence-corrected chi connectivity index (χ0v) is 29.3. The van der Waals surface area contributed by atoms with E-state index in [9.17, 15) is 0 Å². The first-order valence-corrected chi connectivity index (χ1v) is 18.3. The van der Waals surface area contributed by atoms with Crippen LogP contribution in [0.3, 0.4) is 0 Å². The van der Waals surface area contributed by atoms with Crippen molar-refractivity contribution >= 4 is 81.7 Å². The topological polar surface area (TPSA) is 3.24 Å². The molecule has 1 heterocycles. The quantitative estimate of drug-likeness (QED) is 0.168. The molecule has 0 saturated carbocycles. The van der Waals surface area contributed by atoms with Crippen LogP contribution in [-0.2, 0) is 5.41 Å². The molecule has 0 amide bonds. The van der Waals surface area contributed by atoms with E-state index in [1.165, 1.54) is 64.0 Å². The molecule has 3 heteroatoms. The molecule has 1 nitrogen and oxygen atoms in total. The first-order valence-electron chi connectivity index (χ1n) is 17.1. The average molecular weight is 678 g/mol. The second-order valence-electron chi connectivity index (χ2n) is 13.9. The summed E-state index contributed by atoms with van der Waals surface area (Å²) in [6.07, 6.45) is 0. The molecule has 0 atom stereocenters. The normalized spacial score (nSPS) is 13.3. The fourth-order valence-corrected chi connectivity index (χ4v) is 9.74. The van der Waals surface area contributed by atoms with Crippen molar-refractivity contribution in [3.8, 4) is 22.3 Å². The Kier molecular flexibility index (Phi) is 6.52. The minimum Gasteiger partial charge on any atom is -0.310 e. The zero-order valence-electron chi connectivity index (χ0n) is 27.7. The van der Waals surface area contributed by atoms with Gasteiger partial charge in [-0.1, -0.05) is 123 Å². The van der Waals surface area contributed by atoms with Crippen LogP contribution in [0, 0.1) is 0 Å². The van der Waals surface area contributed by atoms with Crippen molar-refractivity contribution in [1.82, 2.24) is 0 Å². The predicted octanol–water partition coefficient (Wildman–Crippen LogP) is 14.5. The van der Waals surface area contributed by atoms with E-state index in [1.54, 1.807) is 0 Å². The third kappa shape index (κ3) is 4.39. The Morgan fingerprint density at radius 2 is 1.14 bits per heavy atom. The molecule has 0 radical (unpaired) electrons. The van der Waals surface area contributed by atoms with Crippen molar-refractivity contribution in [2.45, 2.75) is 19.3 Å². The molecule has 0 unspecified atom stereocenters. The molecule has 0 saturated heterocycles. The minimum atomic E-state index is -0.138. The van der Waals surface area contributed by atoms with E-state index < -0.39 is 0 Å². The lowest BCUT2D eigenvalue weighted by atomic mass is 9.79. The maximum Gasteiger partial charge on any atom is 0.0482 e. The monoisotopic (exact) mass is 677 g/mol. The highest BCUT2D eigenvalue weighted by molar-refractivity contribution is 7.25. The van der Waals surface area contributed by atoms with Crippen LogP contribution in [0.4, 0.5) is 17.1 Å². The van der Waals surface area contributed by atoms with E-state index >= 15 is 0 Å². The molecule has 0 spiro atoms. The largest absolute Gasteiger partial charge is 0.310 e. The second-order valence-corrected chi connectivity index (χ2v) is 15.4. The van der Waals surface area contributed by atoms with Crippen LogP contribution in [-0.4, -0.2) is 0 Å². The number of fused-ring (bicyclic) bond motifs is 11. The summed E-state index contributed by atoms with van der Waals surface area (Å²) in [6, 6.07) is 57.4. The minimum absolute atomic E-state index is 0.138. The number of para-hydroxylation sites is 1. The molecule has 1 aromatic heterocycles. The summed E-state index contributed by atoms with van der Waals surface area (Å²) in [5, 5.41) is 8.53. The Morgan fingerprint density at radius 1 is 0.480 bits per heavy atom. The Balaban J connectivity index is 1.17. The van der Waals surface area contributed by atoms with Gasteiger partial charge in [0, 0.05) is 47.7 Å². The number of rotatable bonds is 4. The van der Waals surface area contributed by atoms with Crippen LogP contribution in [0.1, 0.15) is 25.0 Å². The molecule has 238 valence electrons. The fraction of sp³-hybridized carbons (Fsp3) is 0.0638. The zero-order chi connectivity index (χ0) is 33.6. The molecule has 0 N–H and O–H groups in total. The van der Waals surface area contributed by atoms with E-state index in [0.29, 0.717) is 5.02 Å². The summed E-state index contributed by atoms with van der Waals surface area (Å²) >= 11 is 8.88. The number of nitrogens with zero attached hydrogens (tertiary/aromatic N) is 1. The van der Waals surface area contributed by atoms with Crippen molar-refractivity contribution < 1.29 is 0 Å². The van der Waals surface area contributed by atoms with Crippen LogP contribution in [0.5, 0.6) is 0 Å². The number of halogens is 1. The Bertz CT molecular complexity index is 2810. The van der Waals surface area contributed by atoms with Crippen molar-refractivity contribution in [3.63, 3.8) is 0 Å². The molecule has 9 aromatic rings. The molecule has 8 aromatic carbocycles. The van der Waals surface area contributed by atoms with Crippen LogP contribution >= 0.6 is 22.9 Å². The molecule has 1 aliphatic carbocycles. The number of thiophene rings is 1. The lowest BCUT2D eigenvalue weighted by Crippen LogP contribution is -2.15. The van der Waals surface area contributed by atoms with Gasteiger partial charge in [0.25, 0.3) is 0 Å². The van der Waals surface area contributed by atoms with Gasteiger partial charge < -0.3 is 4.90 Å². The van der Waals surface area contributed by atoms with E-state index in [2.05, 4.69) is 176 Å². The summed E-state index contributed by atoms with van der Waals surface area (Å²) in [5.74, 6) is 0. The molecule has 0 aliphatic heterocycles. The van der Waals surface area contributed by atoms with Gasteiger partial charge >= 0.3 is 0 Å². The molecular weight excluding hydrogens is 646 g/mol. The smallest absolute Gasteiger partial charge is 0.0482 e. The van der Waals surface area contributed by atoms with Gasteiger partial charge in [-0.25, -0.2) is 0 Å². The first kappa shape index (κ1) is 29.5. The molecule has 10 rings (SSSR count). The number of anilines is 3. The Hall–Kier alpha value is -5.41. The molecular formula is C47H32ClNS. The van der Waals surface area contributed by atoms with Crippen molar-refractivity contribution in [1.29, 1.82) is 0 Å². The fourth-order valence-electron chi connectivity index (χ4n) is 8.43. The van der Waals surface area contributed by atoms with Crippen molar-refractivity contribution in [2.75, 3.05) is 4.90 Å². The predicted molar refractivity (Wildman–Crippen MR) is 217 cm³/mol. The lowest BCUT2D eigenvalue weighted by Gasteiger charge is -2.26. The standard InChI is InChI=1S/C47H32ClNS/c1-47(2)42-22-20-29(26-41(42)45-38-17-8-6-14-35(38)36-15-7-9-18-39(36)46(45)47)30-24-31(48)27-34(25-30)49(32-12-4-3-5-13-32)33-21-23-44-40(28-33)37-16-10-11-19-43(37)50-44/h3-28H,1-2H3. The highest BCUT2D eigenvalue weighted by Gasteiger charge is 2.38. The van der Waals surface area contributed by atoms with Gasteiger partial charge in [0.15, 0.2) is 0 Å². The number of hydrogen-bond acceptors (Lipinski definition) is 2. The highest BCUT2D eigenvalue weighted by Crippen LogP contribution is 2.55. The Morgan fingerprint density at radius 3 is 1.94 bits per heavy atom. The molecule has 0 fully saturated rings. The summed E-state index contributed by atoms with van der Waals surface area (Å²) in [7, 11) is 0. The second kappa shape index (κ2) is 11.1. The van der Waals surface area contributed by atoms with Crippen LogP contribution in [0.15, 0.2) is 158 Å². The molecule has 50 heavy (non-hydrogen) atoms. The van der Waals surface area contributed by atoms with Gasteiger partial charge in [-0.2, -0.15) is 0 Å². The van der Waals surface area contributed by atoms with Gasteiger partial charge in [-0.3, -0.25) is 0 Å². The first-order chi connectivity index (χ1) is 24.5.